The third-order valence-corrected chi connectivity index (χ3v) is 4.31. The molecule has 0 aliphatic carbocycles. The van der Waals surface area contributed by atoms with Crippen LogP contribution in [0, 0.1) is 5.92 Å². The normalized spacial score (nSPS) is 16.6. The summed E-state index contributed by atoms with van der Waals surface area (Å²) in [4.78, 5) is 34.6. The lowest BCUT2D eigenvalue weighted by molar-refractivity contribution is -0.126. The van der Waals surface area contributed by atoms with Gasteiger partial charge in [-0.15, -0.1) is 0 Å². The van der Waals surface area contributed by atoms with Gasteiger partial charge in [0.25, 0.3) is 0 Å². The summed E-state index contributed by atoms with van der Waals surface area (Å²) in [6, 6.07) is 7.39. The van der Waals surface area contributed by atoms with Crippen molar-refractivity contribution in [1.82, 2.24) is 15.3 Å². The second-order valence-corrected chi connectivity index (χ2v) is 6.80. The molecular formula is C20H24N4O3. The fourth-order valence-electron chi connectivity index (χ4n) is 3.03. The minimum Gasteiger partial charge on any atom is -0.491 e. The van der Waals surface area contributed by atoms with Gasteiger partial charge >= 0.3 is 0 Å². The van der Waals surface area contributed by atoms with Gasteiger partial charge in [-0.25, -0.2) is 0 Å². The van der Waals surface area contributed by atoms with E-state index in [1.807, 2.05) is 38.1 Å². The maximum atomic E-state index is 12.4. The van der Waals surface area contributed by atoms with Crippen molar-refractivity contribution in [2.24, 2.45) is 5.92 Å². The van der Waals surface area contributed by atoms with Crippen LogP contribution in [-0.4, -0.2) is 41.0 Å². The van der Waals surface area contributed by atoms with Crippen molar-refractivity contribution in [3.05, 3.63) is 48.5 Å². The molecule has 1 fully saturated rings. The number of anilines is 1. The predicted octanol–water partition coefficient (Wildman–Crippen LogP) is 1.98. The van der Waals surface area contributed by atoms with Gasteiger partial charge in [0.2, 0.25) is 11.8 Å². The molecule has 0 bridgehead atoms. The van der Waals surface area contributed by atoms with Gasteiger partial charge < -0.3 is 15.0 Å². The topological polar surface area (TPSA) is 84.4 Å². The number of amides is 2. The summed E-state index contributed by atoms with van der Waals surface area (Å²) in [7, 11) is 0. The van der Waals surface area contributed by atoms with Crippen LogP contribution in [0.15, 0.2) is 42.9 Å². The lowest BCUT2D eigenvalue weighted by atomic mass is 10.1. The minimum atomic E-state index is -0.342. The predicted molar refractivity (Wildman–Crippen MR) is 101 cm³/mol. The minimum absolute atomic E-state index is 0.0402. The molecule has 3 rings (SSSR count). The number of nitrogens with one attached hydrogen (secondary N) is 1. The lowest BCUT2D eigenvalue weighted by Crippen LogP contribution is -2.34. The van der Waals surface area contributed by atoms with Crippen LogP contribution in [0.25, 0.3) is 0 Å². The van der Waals surface area contributed by atoms with Gasteiger partial charge in [-0.2, -0.15) is 0 Å². The van der Waals surface area contributed by atoms with Crippen LogP contribution in [0.1, 0.15) is 26.0 Å². The van der Waals surface area contributed by atoms with Crippen LogP contribution in [0.2, 0.25) is 0 Å². The number of ether oxygens (including phenoxy) is 1. The van der Waals surface area contributed by atoms with Gasteiger partial charge in [0, 0.05) is 50.2 Å². The van der Waals surface area contributed by atoms with Crippen LogP contribution < -0.4 is 15.0 Å². The van der Waals surface area contributed by atoms with E-state index >= 15 is 0 Å². The number of benzene rings is 1. The average molecular weight is 368 g/mol. The van der Waals surface area contributed by atoms with E-state index in [0.717, 1.165) is 17.1 Å². The van der Waals surface area contributed by atoms with Crippen molar-refractivity contribution in [1.29, 1.82) is 0 Å². The lowest BCUT2D eigenvalue weighted by Gasteiger charge is -2.18. The highest BCUT2D eigenvalue weighted by Crippen LogP contribution is 2.27. The molecule has 1 N–H and O–H groups in total. The molecule has 0 radical (unpaired) electrons. The molecule has 142 valence electrons. The van der Waals surface area contributed by atoms with Crippen LogP contribution >= 0.6 is 0 Å². The van der Waals surface area contributed by atoms with E-state index in [-0.39, 0.29) is 30.3 Å². The third-order valence-electron chi connectivity index (χ3n) is 4.31. The first-order valence-electron chi connectivity index (χ1n) is 9.12. The zero-order valence-corrected chi connectivity index (χ0v) is 15.6. The largest absolute Gasteiger partial charge is 0.491 e. The van der Waals surface area contributed by atoms with Crippen LogP contribution in [-0.2, 0) is 16.0 Å². The number of nitrogens with zero attached hydrogens (tertiary/aromatic N) is 3. The van der Waals surface area contributed by atoms with Gasteiger partial charge in [0.15, 0.2) is 0 Å². The molecule has 1 aromatic heterocycles. The first-order valence-corrected chi connectivity index (χ1v) is 9.12. The quantitative estimate of drug-likeness (QED) is 0.808. The number of carbonyl (C=O) groups excluding carboxylic acids is 2. The van der Waals surface area contributed by atoms with Crippen molar-refractivity contribution in [2.45, 2.75) is 32.8 Å². The fraction of sp³-hybridized carbons (Fsp3) is 0.400. The second-order valence-electron chi connectivity index (χ2n) is 6.80. The molecule has 1 aliphatic heterocycles. The Bertz CT molecular complexity index is 778. The Morgan fingerprint density at radius 2 is 2.07 bits per heavy atom. The standard InChI is InChI=1S/C20H24N4O3/c1-14(2)27-18-5-3-17(4-6-18)24-13-15(11-19(24)25)20(26)23-8-7-16-12-21-9-10-22-16/h3-6,9-10,12,14-15H,7-8,11,13H2,1-2H3,(H,23,26)/t15-/m0/s1. The molecule has 2 aromatic rings. The van der Waals surface area contributed by atoms with Crippen molar-refractivity contribution >= 4 is 17.5 Å². The summed E-state index contributed by atoms with van der Waals surface area (Å²) in [5.74, 6) is 0.278. The van der Waals surface area contributed by atoms with Gasteiger partial charge in [-0.3, -0.25) is 19.6 Å². The molecule has 1 aliphatic rings. The molecule has 2 amide bonds. The Labute approximate surface area is 158 Å². The van der Waals surface area contributed by atoms with E-state index in [1.165, 1.54) is 0 Å². The Morgan fingerprint density at radius 3 is 2.74 bits per heavy atom. The van der Waals surface area contributed by atoms with Crippen LogP contribution in [0.4, 0.5) is 5.69 Å². The highest BCUT2D eigenvalue weighted by molar-refractivity contribution is 6.00. The number of carbonyl (C=O) groups is 2. The van der Waals surface area contributed by atoms with Gasteiger partial charge in [-0.05, 0) is 38.1 Å². The molecule has 0 spiro atoms. The Balaban J connectivity index is 1.52. The maximum absolute atomic E-state index is 12.4. The summed E-state index contributed by atoms with van der Waals surface area (Å²) < 4.78 is 5.62. The second kappa shape index (κ2) is 8.62. The van der Waals surface area contributed by atoms with Crippen molar-refractivity contribution in [2.75, 3.05) is 18.0 Å². The molecular weight excluding hydrogens is 344 g/mol. The summed E-state index contributed by atoms with van der Waals surface area (Å²) in [6.45, 7) is 4.79. The van der Waals surface area contributed by atoms with Gasteiger partial charge in [0.1, 0.15) is 5.75 Å². The van der Waals surface area contributed by atoms with E-state index in [2.05, 4.69) is 15.3 Å². The van der Waals surface area contributed by atoms with Gasteiger partial charge in [-0.1, -0.05) is 0 Å². The molecule has 1 atom stereocenters. The van der Waals surface area contributed by atoms with Crippen molar-refractivity contribution < 1.29 is 14.3 Å². The molecule has 0 saturated carbocycles. The molecule has 7 heteroatoms. The zero-order chi connectivity index (χ0) is 19.2. The number of aromatic nitrogens is 2. The number of rotatable bonds is 7. The Kier molecular flexibility index (Phi) is 6.01. The summed E-state index contributed by atoms with van der Waals surface area (Å²) in [5, 5.41) is 2.89. The van der Waals surface area contributed by atoms with Crippen molar-refractivity contribution in [3.8, 4) is 5.75 Å². The van der Waals surface area contributed by atoms with E-state index in [4.69, 9.17) is 4.74 Å². The highest BCUT2D eigenvalue weighted by atomic mass is 16.5. The highest BCUT2D eigenvalue weighted by Gasteiger charge is 2.34. The Hall–Kier alpha value is -2.96. The smallest absolute Gasteiger partial charge is 0.227 e. The zero-order valence-electron chi connectivity index (χ0n) is 15.6. The monoisotopic (exact) mass is 368 g/mol. The first-order chi connectivity index (χ1) is 13.0. The first kappa shape index (κ1) is 18.8. The van der Waals surface area contributed by atoms with E-state index in [9.17, 15) is 9.59 Å². The van der Waals surface area contributed by atoms with E-state index < -0.39 is 0 Å². The van der Waals surface area contributed by atoms with E-state index in [0.29, 0.717) is 19.5 Å². The maximum Gasteiger partial charge on any atom is 0.227 e. The summed E-state index contributed by atoms with van der Waals surface area (Å²) in [5.41, 5.74) is 1.61. The van der Waals surface area contributed by atoms with Crippen LogP contribution in [0.5, 0.6) is 5.75 Å². The molecule has 0 unspecified atom stereocenters. The Morgan fingerprint density at radius 1 is 1.30 bits per heavy atom. The van der Waals surface area contributed by atoms with Crippen LogP contribution in [0.3, 0.4) is 0 Å². The third kappa shape index (κ3) is 5.03. The van der Waals surface area contributed by atoms with Crippen molar-refractivity contribution in [3.63, 3.8) is 0 Å². The average Bonchev–Trinajstić information content (AvgIpc) is 3.04. The molecule has 2 heterocycles. The summed E-state index contributed by atoms with van der Waals surface area (Å²) >= 11 is 0. The fourth-order valence-corrected chi connectivity index (χ4v) is 3.03. The molecule has 1 saturated heterocycles. The van der Waals surface area contributed by atoms with Gasteiger partial charge in [0.05, 0.1) is 17.7 Å². The molecule has 1 aromatic carbocycles. The number of hydrogen-bond acceptors (Lipinski definition) is 5. The molecule has 27 heavy (non-hydrogen) atoms. The molecule has 7 nitrogen and oxygen atoms in total. The SMILES string of the molecule is CC(C)Oc1ccc(N2C[C@@H](C(=O)NCCc3cnccn3)CC2=O)cc1. The van der Waals surface area contributed by atoms with E-state index in [1.54, 1.807) is 23.5 Å². The summed E-state index contributed by atoms with van der Waals surface area (Å²) in [6.07, 6.45) is 5.85. The number of hydrogen-bond donors (Lipinski definition) is 1.